The maximum Gasteiger partial charge on any atom is 0.404 e. The van der Waals surface area contributed by atoms with Crippen molar-refractivity contribution >= 4 is 29.0 Å². The lowest BCUT2D eigenvalue weighted by Crippen LogP contribution is -2.25. The molecule has 45 heavy (non-hydrogen) atoms. The van der Waals surface area contributed by atoms with Gasteiger partial charge in [0.15, 0.2) is 5.65 Å². The predicted octanol–water partition coefficient (Wildman–Crippen LogP) is 5.08. The molecule has 12 heteroatoms. The van der Waals surface area contributed by atoms with Crippen LogP contribution in [-0.4, -0.2) is 51.3 Å². The van der Waals surface area contributed by atoms with Crippen molar-refractivity contribution in [3.8, 4) is 16.9 Å². The van der Waals surface area contributed by atoms with Gasteiger partial charge in [0.2, 0.25) is 5.95 Å². The van der Waals surface area contributed by atoms with E-state index in [9.17, 15) is 23.2 Å². The third kappa shape index (κ3) is 7.12. The zero-order valence-electron chi connectivity index (χ0n) is 24.3. The largest absolute Gasteiger partial charge is 0.465 e. The first-order chi connectivity index (χ1) is 21.7. The first-order valence-electron chi connectivity index (χ1n) is 14.2. The molecule has 0 saturated carbocycles. The number of pyridine rings is 1. The minimum Gasteiger partial charge on any atom is -0.465 e. The number of halogens is 2. The molecule has 2 aromatic heterocycles. The maximum atomic E-state index is 15.0. The van der Waals surface area contributed by atoms with Crippen LogP contribution in [0.25, 0.3) is 28.0 Å². The molecule has 0 aliphatic carbocycles. The van der Waals surface area contributed by atoms with E-state index in [1.54, 1.807) is 18.2 Å². The molecule has 0 saturated heterocycles. The van der Waals surface area contributed by atoms with Gasteiger partial charge in [0.1, 0.15) is 17.3 Å². The van der Waals surface area contributed by atoms with Gasteiger partial charge >= 0.3 is 6.09 Å². The molecule has 5 rings (SSSR count). The molecule has 0 aliphatic heterocycles. The monoisotopic (exact) mass is 612 g/mol. The maximum absolute atomic E-state index is 15.0. The minimum absolute atomic E-state index is 0.0426. The molecule has 0 aliphatic rings. The van der Waals surface area contributed by atoms with Crippen LogP contribution < -0.4 is 21.5 Å². The molecule has 2 amide bonds. The number of nitrogens with zero attached hydrogens (tertiary/aromatic N) is 3. The summed E-state index contributed by atoms with van der Waals surface area (Å²) in [6, 6.07) is 20.9. The molecule has 4 N–H and O–H groups in total. The second-order valence-corrected chi connectivity index (χ2v) is 10.2. The Balaban J connectivity index is 1.57. The number of hydrogen-bond donors (Lipinski definition) is 4. The highest BCUT2D eigenvalue weighted by molar-refractivity contribution is 5.98. The number of anilines is 1. The molecule has 0 radical (unpaired) electrons. The number of aryl methyl sites for hydroxylation is 1. The number of carboxylic acid groups (broad SMARTS) is 1. The summed E-state index contributed by atoms with van der Waals surface area (Å²) in [5.41, 5.74) is 1.74. The first kappa shape index (κ1) is 30.8. The van der Waals surface area contributed by atoms with Crippen molar-refractivity contribution in [2.24, 2.45) is 0 Å². The number of carbonyl (C=O) groups is 2. The lowest BCUT2D eigenvalue weighted by molar-refractivity contribution is 0.0954. The zero-order chi connectivity index (χ0) is 31.9. The summed E-state index contributed by atoms with van der Waals surface area (Å²) in [5, 5.41) is 17.4. The fourth-order valence-electron chi connectivity index (χ4n) is 4.89. The third-order valence-electron chi connectivity index (χ3n) is 7.12. The van der Waals surface area contributed by atoms with Crippen LogP contribution in [-0.2, 0) is 6.42 Å². The van der Waals surface area contributed by atoms with Crippen molar-refractivity contribution in [3.63, 3.8) is 0 Å². The average Bonchev–Trinajstić information content (AvgIpc) is 3.02. The van der Waals surface area contributed by atoms with Gasteiger partial charge in [-0.1, -0.05) is 42.5 Å². The van der Waals surface area contributed by atoms with Crippen LogP contribution in [0.4, 0.5) is 19.5 Å². The fraction of sp³-hybridized carbons (Fsp3) is 0.182. The number of para-hydroxylation sites is 1. The number of fused-ring (bicyclic) bond motifs is 1. The van der Waals surface area contributed by atoms with Crippen molar-refractivity contribution in [1.82, 2.24) is 25.2 Å². The summed E-state index contributed by atoms with van der Waals surface area (Å²) in [5.74, 6) is -2.16. The van der Waals surface area contributed by atoms with Crippen molar-refractivity contribution < 1.29 is 23.5 Å². The van der Waals surface area contributed by atoms with E-state index < -0.39 is 29.0 Å². The molecule has 230 valence electrons. The van der Waals surface area contributed by atoms with Crippen LogP contribution in [0.3, 0.4) is 0 Å². The van der Waals surface area contributed by atoms with E-state index in [1.807, 2.05) is 37.3 Å². The first-order valence-corrected chi connectivity index (χ1v) is 14.2. The average molecular weight is 613 g/mol. The molecule has 2 heterocycles. The van der Waals surface area contributed by atoms with Crippen molar-refractivity contribution in [3.05, 3.63) is 118 Å². The number of nitrogens with one attached hydrogen (secondary N) is 3. The Morgan fingerprint density at radius 2 is 1.62 bits per heavy atom. The lowest BCUT2D eigenvalue weighted by Gasteiger charge is -2.16. The summed E-state index contributed by atoms with van der Waals surface area (Å²) in [7, 11) is 0. The summed E-state index contributed by atoms with van der Waals surface area (Å²) in [6.45, 7) is 2.67. The SMILES string of the molecule is Cc1ccc(C(=O)NCCc2ccccc2)cc1-c1nc(NCCCNC(=O)O)nc2c1ccc(=O)n2-c1c(F)cccc1F. The number of amides is 2. The zero-order valence-corrected chi connectivity index (χ0v) is 24.3. The second kappa shape index (κ2) is 13.8. The van der Waals surface area contributed by atoms with Crippen LogP contribution in [0.2, 0.25) is 0 Å². The molecule has 5 aromatic rings. The van der Waals surface area contributed by atoms with Crippen molar-refractivity contribution in [2.75, 3.05) is 25.0 Å². The van der Waals surface area contributed by atoms with E-state index in [4.69, 9.17) is 5.11 Å². The van der Waals surface area contributed by atoms with Crippen molar-refractivity contribution in [1.29, 1.82) is 0 Å². The van der Waals surface area contributed by atoms with E-state index in [2.05, 4.69) is 25.9 Å². The minimum atomic E-state index is -1.16. The van der Waals surface area contributed by atoms with E-state index in [0.29, 0.717) is 41.6 Å². The molecule has 10 nitrogen and oxygen atoms in total. The van der Waals surface area contributed by atoms with Crippen LogP contribution in [0.5, 0.6) is 0 Å². The summed E-state index contributed by atoms with van der Waals surface area (Å²) in [6.07, 6.45) is -0.123. The number of benzene rings is 3. The third-order valence-corrected chi connectivity index (χ3v) is 7.12. The van der Waals surface area contributed by atoms with Crippen LogP contribution in [0.15, 0.2) is 83.7 Å². The van der Waals surface area contributed by atoms with Gasteiger partial charge in [0.05, 0.1) is 5.69 Å². The summed E-state index contributed by atoms with van der Waals surface area (Å²) < 4.78 is 30.8. The standard InChI is InChI=1S/C33H30F2N6O4/c1-20-11-12-22(31(43)36-18-15-21-7-3-2-4-8-21)19-24(20)28-23-13-14-27(42)41(29-25(34)9-5-10-26(29)35)30(23)40-32(39-28)37-16-6-17-38-33(44)45/h2-5,7-14,19,38H,6,15-18H2,1H3,(H,36,43)(H,44,45)(H,37,39,40). The van der Waals surface area contributed by atoms with Gasteiger partial charge in [-0.2, -0.15) is 4.98 Å². The topological polar surface area (TPSA) is 138 Å². The summed E-state index contributed by atoms with van der Waals surface area (Å²) in [4.78, 5) is 46.2. The van der Waals surface area contributed by atoms with E-state index in [0.717, 1.165) is 27.8 Å². The van der Waals surface area contributed by atoms with Gasteiger partial charge in [0, 0.05) is 42.2 Å². The number of rotatable bonds is 11. The number of carbonyl (C=O) groups excluding carboxylic acids is 1. The Labute approximate surface area is 256 Å². The van der Waals surface area contributed by atoms with E-state index >= 15 is 0 Å². The van der Waals surface area contributed by atoms with Crippen molar-refractivity contribution in [2.45, 2.75) is 19.8 Å². The highest BCUT2D eigenvalue weighted by atomic mass is 19.1. The molecular weight excluding hydrogens is 582 g/mol. The van der Waals surface area contributed by atoms with Crippen LogP contribution >= 0.6 is 0 Å². The highest BCUT2D eigenvalue weighted by Crippen LogP contribution is 2.31. The van der Waals surface area contributed by atoms with E-state index in [-0.39, 0.29) is 30.6 Å². The van der Waals surface area contributed by atoms with Gasteiger partial charge in [-0.05, 0) is 61.2 Å². The van der Waals surface area contributed by atoms with Gasteiger partial charge in [-0.15, -0.1) is 0 Å². The second-order valence-electron chi connectivity index (χ2n) is 10.2. The van der Waals surface area contributed by atoms with Gasteiger partial charge in [0.25, 0.3) is 11.5 Å². The molecule has 0 bridgehead atoms. The normalized spacial score (nSPS) is 10.9. The molecule has 0 spiro atoms. The molecule has 0 atom stereocenters. The highest BCUT2D eigenvalue weighted by Gasteiger charge is 2.21. The molecule has 0 fully saturated rings. The predicted molar refractivity (Wildman–Crippen MR) is 167 cm³/mol. The Kier molecular flexibility index (Phi) is 9.42. The molecule has 0 unspecified atom stereocenters. The molecular formula is C33H30F2N6O4. The Morgan fingerprint density at radius 1 is 0.867 bits per heavy atom. The Bertz CT molecular complexity index is 1910. The Hall–Kier alpha value is -5.65. The van der Waals surface area contributed by atoms with Crippen LogP contribution in [0, 0.1) is 18.6 Å². The van der Waals surface area contributed by atoms with E-state index in [1.165, 1.54) is 18.2 Å². The smallest absolute Gasteiger partial charge is 0.404 e. The number of aromatic nitrogens is 3. The summed E-state index contributed by atoms with van der Waals surface area (Å²) >= 11 is 0. The number of hydrogen-bond acceptors (Lipinski definition) is 6. The lowest BCUT2D eigenvalue weighted by atomic mass is 9.99. The quantitative estimate of drug-likeness (QED) is 0.153. The molecule has 3 aromatic carbocycles. The van der Waals surface area contributed by atoms with Crippen LogP contribution in [0.1, 0.15) is 27.9 Å². The fourth-order valence-corrected chi connectivity index (χ4v) is 4.89. The van der Waals surface area contributed by atoms with Gasteiger partial charge in [-0.3, -0.25) is 14.2 Å². The Morgan fingerprint density at radius 3 is 2.36 bits per heavy atom. The van der Waals surface area contributed by atoms with Gasteiger partial charge in [-0.25, -0.2) is 18.6 Å². The van der Waals surface area contributed by atoms with Gasteiger partial charge < -0.3 is 21.1 Å².